The van der Waals surface area contributed by atoms with E-state index in [9.17, 15) is 21.6 Å². The van der Waals surface area contributed by atoms with Crippen LogP contribution in [-0.2, 0) is 10.1 Å². The van der Waals surface area contributed by atoms with Crippen LogP contribution in [0.4, 0.5) is 18.9 Å². The molecule has 2 rings (SSSR count). The number of hydrogen-bond donors (Lipinski definition) is 0. The Bertz CT molecular complexity index is 831. The molecule has 0 amide bonds. The third kappa shape index (κ3) is 4.46. The number of halogens is 3. The molecule has 25 heavy (non-hydrogen) atoms. The second-order valence-electron chi connectivity index (χ2n) is 4.84. The number of rotatable bonds is 6. The number of aromatic nitrogens is 2. The third-order valence-electron chi connectivity index (χ3n) is 3.03. The van der Waals surface area contributed by atoms with Gasteiger partial charge in [0, 0.05) is 5.69 Å². The molecule has 0 aliphatic carbocycles. The Morgan fingerprint density at radius 1 is 1.24 bits per heavy atom. The first-order valence-corrected chi connectivity index (χ1v) is 8.20. The minimum atomic E-state index is -5.78. The molecule has 0 spiro atoms. The zero-order valence-electron chi connectivity index (χ0n) is 13.2. The summed E-state index contributed by atoms with van der Waals surface area (Å²) >= 11 is 0. The molecular formula is C14H14F3N3O3RfS-2. The molecule has 0 radical (unpaired) electrons. The molecule has 0 N–H and O–H groups in total. The second-order valence-corrected chi connectivity index (χ2v) is 6.37. The number of nitrogens with zero attached hydrogens (tertiary/aromatic N) is 3. The first-order chi connectivity index (χ1) is 11.1. The van der Waals surface area contributed by atoms with Crippen molar-refractivity contribution in [1.29, 1.82) is 0 Å². The van der Waals surface area contributed by atoms with E-state index in [-0.39, 0.29) is 5.52 Å². The fraction of sp³-hybridized carbons (Fsp3) is 0.286. The van der Waals surface area contributed by atoms with Gasteiger partial charge in [0.15, 0.2) is 0 Å². The smallest absolute Gasteiger partial charge is 0.525 e. The summed E-state index contributed by atoms with van der Waals surface area (Å²) in [5.74, 6) is -0.754. The predicted molar refractivity (Wildman–Crippen MR) is 82.4 cm³/mol. The van der Waals surface area contributed by atoms with Crippen LogP contribution in [0.25, 0.3) is 11.0 Å². The monoisotopic (exact) mass is 628 g/mol. The van der Waals surface area contributed by atoms with Crippen LogP contribution < -0.4 is 9.08 Å². The summed E-state index contributed by atoms with van der Waals surface area (Å²) < 4.78 is 62.8. The van der Waals surface area contributed by atoms with Crippen LogP contribution in [0.2, 0.25) is 0 Å². The number of alkyl halides is 3. The molecule has 134 valence electrons. The molecule has 0 saturated heterocycles. The molecule has 1 heterocycles. The van der Waals surface area contributed by atoms with Crippen molar-refractivity contribution in [1.82, 2.24) is 9.97 Å². The Hall–Kier alpha value is -3.10. The summed E-state index contributed by atoms with van der Waals surface area (Å²) in [6.07, 6.45) is 2.42. The van der Waals surface area contributed by atoms with Gasteiger partial charge in [0.05, 0.1) is 17.2 Å². The summed E-state index contributed by atoms with van der Waals surface area (Å²) in [7, 11) is -1.90. The molecule has 0 unspecified atom stereocenters. The zero-order chi connectivity index (χ0) is 18.0. The third-order valence-corrected chi connectivity index (χ3v) is 3.98. The molecule has 0 fully saturated rings. The summed E-state index contributed by atoms with van der Waals surface area (Å²) in [6.45, 7) is 4.41. The first kappa shape index (κ1) is 19.9. The van der Waals surface area contributed by atoms with Gasteiger partial charge < -0.3 is 16.0 Å². The Labute approximate surface area is 137 Å². The van der Waals surface area contributed by atoms with Gasteiger partial charge in [0.25, 0.3) is 5.88 Å². The van der Waals surface area contributed by atoms with E-state index in [0.29, 0.717) is 12.1 Å². The van der Waals surface area contributed by atoms with Gasteiger partial charge in [-0.2, -0.15) is 28.0 Å². The molecular weight excluding hydrogens is 614 g/mol. The van der Waals surface area contributed by atoms with Crippen LogP contribution in [0.3, 0.4) is 0 Å². The first-order valence-electron chi connectivity index (χ1n) is 6.79. The van der Waals surface area contributed by atoms with Crippen molar-refractivity contribution in [2.75, 3.05) is 11.4 Å². The van der Waals surface area contributed by atoms with E-state index in [4.69, 9.17) is 0 Å². The molecule has 1 aromatic heterocycles. The van der Waals surface area contributed by atoms with E-state index in [1.807, 2.05) is 0 Å². The summed E-state index contributed by atoms with van der Waals surface area (Å²) in [6, 6.07) is 4.78. The van der Waals surface area contributed by atoms with Gasteiger partial charge >= 0.3 is 15.6 Å². The maximum atomic E-state index is 12.3. The average Bonchev–Trinajstić information content (AvgIpc) is 2.50. The van der Waals surface area contributed by atoms with Crippen molar-refractivity contribution in [3.63, 3.8) is 0 Å². The van der Waals surface area contributed by atoms with Crippen molar-refractivity contribution in [2.45, 2.75) is 18.3 Å². The normalized spacial score (nSPS) is 11.9. The molecule has 0 aliphatic rings. The van der Waals surface area contributed by atoms with E-state index in [1.54, 1.807) is 17.0 Å². The van der Waals surface area contributed by atoms with Crippen LogP contribution in [0.5, 0.6) is 5.88 Å². The van der Waals surface area contributed by atoms with E-state index in [1.165, 1.54) is 6.07 Å². The van der Waals surface area contributed by atoms with Crippen molar-refractivity contribution >= 4 is 26.8 Å². The van der Waals surface area contributed by atoms with E-state index >= 15 is 0 Å². The molecule has 2 aromatic rings. The molecule has 0 bridgehead atoms. The van der Waals surface area contributed by atoms with Gasteiger partial charge in [-0.25, -0.2) is 9.97 Å². The number of fused-ring (bicyclic) bond motifs is 1. The largest absolute Gasteiger partial charge is 0.534 e. The Balaban J connectivity index is 0.00000312. The van der Waals surface area contributed by atoms with Gasteiger partial charge in [-0.3, -0.25) is 7.05 Å². The van der Waals surface area contributed by atoms with E-state index in [0.717, 1.165) is 24.7 Å². The van der Waals surface area contributed by atoms with Crippen molar-refractivity contribution in [3.8, 4) is 5.88 Å². The van der Waals surface area contributed by atoms with Gasteiger partial charge in [0.1, 0.15) is 0 Å². The van der Waals surface area contributed by atoms with E-state index in [2.05, 4.69) is 28.1 Å². The van der Waals surface area contributed by atoms with Crippen LogP contribution in [-0.4, -0.2) is 30.4 Å². The minimum absolute atomic E-state index is 0. The predicted octanol–water partition coefficient (Wildman–Crippen LogP) is 3.07. The molecule has 0 aliphatic heterocycles. The minimum Gasteiger partial charge on any atom is -0.525 e. The maximum absolute atomic E-state index is 12.3. The molecule has 0 atom stereocenters. The number of anilines is 1. The Morgan fingerprint density at radius 2 is 1.92 bits per heavy atom. The van der Waals surface area contributed by atoms with Crippen molar-refractivity contribution in [3.05, 3.63) is 38.4 Å². The fourth-order valence-corrected chi connectivity index (χ4v) is 2.21. The van der Waals surface area contributed by atoms with Gasteiger partial charge in [-0.1, -0.05) is 6.42 Å². The maximum Gasteiger partial charge on any atom is 0.534 e. The number of unbranched alkanes of at least 4 members (excludes halogenated alkanes) is 1. The standard InChI is InChI=1S/C14H14F3N3O3S.Rf/c1-3-4-7-20(2)10-5-6-11-12(8-10)18-9-13(19-11)23-24(21,22)14(15,16)17;/h5-6,8-9H,1-4,7H2;/q-2;. The van der Waals surface area contributed by atoms with Gasteiger partial charge in [-0.05, 0) is 24.7 Å². The molecule has 1 aromatic carbocycles. The Kier molecular flexibility index (Phi) is 5.75. The zero-order valence-corrected chi connectivity index (χ0v) is 20.4. The summed E-state index contributed by atoms with van der Waals surface area (Å²) in [4.78, 5) is 9.34. The fourth-order valence-electron chi connectivity index (χ4n) is 1.81. The van der Waals surface area contributed by atoms with E-state index < -0.39 is 21.5 Å². The summed E-state index contributed by atoms with van der Waals surface area (Å²) in [5.41, 5.74) is -4.23. The van der Waals surface area contributed by atoms with Crippen LogP contribution in [0.1, 0.15) is 12.8 Å². The molecule has 6 nitrogen and oxygen atoms in total. The van der Waals surface area contributed by atoms with Gasteiger partial charge in [0.2, 0.25) is 0 Å². The Morgan fingerprint density at radius 3 is 2.52 bits per heavy atom. The molecule has 11 heteroatoms. The van der Waals surface area contributed by atoms with Crippen LogP contribution in [0, 0.1) is 14.0 Å². The van der Waals surface area contributed by atoms with Crippen molar-refractivity contribution in [2.24, 2.45) is 0 Å². The average molecular weight is 628 g/mol. The SMILES string of the molecule is [CH2-]CCCN([CH2-])c1ccc2nc(OS(=O)(=O)C(F)(F)F)cnc2c1.[Rf]. The van der Waals surface area contributed by atoms with Gasteiger partial charge in [-0.15, -0.1) is 0 Å². The number of hydrogen-bond acceptors (Lipinski definition) is 6. The van der Waals surface area contributed by atoms with Crippen LogP contribution in [0.15, 0.2) is 24.4 Å². The topological polar surface area (TPSA) is 72.4 Å². The summed E-state index contributed by atoms with van der Waals surface area (Å²) in [5, 5.41) is 0. The number of benzene rings is 1. The molecule has 0 saturated carbocycles. The van der Waals surface area contributed by atoms with Crippen molar-refractivity contribution < 1.29 is 25.8 Å². The quantitative estimate of drug-likeness (QED) is 0.279. The second kappa shape index (κ2) is 7.20. The van der Waals surface area contributed by atoms with Crippen LogP contribution >= 0.6 is 0 Å².